The van der Waals surface area contributed by atoms with Gasteiger partial charge in [0.25, 0.3) is 0 Å². The van der Waals surface area contributed by atoms with Crippen molar-refractivity contribution in [2.75, 3.05) is 0 Å². The van der Waals surface area contributed by atoms with Crippen LogP contribution in [0.4, 0.5) is 0 Å². The van der Waals surface area contributed by atoms with Crippen molar-refractivity contribution in [1.82, 2.24) is 0 Å². The summed E-state index contributed by atoms with van der Waals surface area (Å²) in [6, 6.07) is 21.9. The van der Waals surface area contributed by atoms with Crippen LogP contribution in [0.2, 0.25) is 0 Å². The largest absolute Gasteiger partial charge is 0.304 e. The van der Waals surface area contributed by atoms with Crippen LogP contribution in [0.5, 0.6) is 0 Å². The van der Waals surface area contributed by atoms with E-state index in [4.69, 9.17) is 0 Å². The summed E-state index contributed by atoms with van der Waals surface area (Å²) in [6.07, 6.45) is 8.50. The average Bonchev–Trinajstić information content (AvgIpc) is 3.08. The number of hydrogen-bond acceptors (Lipinski definition) is 1. The minimum absolute atomic E-state index is 0.264. The third-order valence-electron chi connectivity index (χ3n) is 6.70. The number of benzene rings is 3. The summed E-state index contributed by atoms with van der Waals surface area (Å²) in [5.74, 6) is 0.666. The Kier molecular flexibility index (Phi) is 4.39. The Hall–Kier alpha value is -2.67. The van der Waals surface area contributed by atoms with Crippen molar-refractivity contribution in [2.24, 2.45) is 5.92 Å². The second-order valence-electron chi connectivity index (χ2n) is 8.45. The van der Waals surface area contributed by atoms with Crippen molar-refractivity contribution in [2.45, 2.75) is 44.9 Å². The summed E-state index contributed by atoms with van der Waals surface area (Å²) < 4.78 is 0. The lowest BCUT2D eigenvalue weighted by atomic mass is 9.77. The molecule has 0 heterocycles. The van der Waals surface area contributed by atoms with Gasteiger partial charge in [-0.3, -0.25) is 0 Å². The topological polar surface area (TPSA) is 23.9 Å². The van der Waals surface area contributed by atoms with Crippen molar-refractivity contribution in [3.63, 3.8) is 0 Å². The molecule has 1 N–H and O–H groups in total. The fraction of sp³-hybridized carbons (Fsp3) is 0.296. The first-order chi connectivity index (χ1) is 13.7. The Balaban J connectivity index is 1.72. The van der Waals surface area contributed by atoms with E-state index in [0.717, 1.165) is 18.6 Å². The predicted molar refractivity (Wildman–Crippen MR) is 119 cm³/mol. The van der Waals surface area contributed by atoms with E-state index in [1.54, 1.807) is 0 Å². The first-order valence-electron chi connectivity index (χ1n) is 10.6. The van der Waals surface area contributed by atoms with Gasteiger partial charge in [0.15, 0.2) is 0 Å². The number of fused-ring (bicyclic) bond motifs is 2. The van der Waals surface area contributed by atoms with Gasteiger partial charge in [0, 0.05) is 23.1 Å². The zero-order valence-corrected chi connectivity index (χ0v) is 16.5. The molecule has 3 aromatic rings. The molecule has 2 aliphatic carbocycles. The highest BCUT2D eigenvalue weighted by molar-refractivity contribution is 6.12. The monoisotopic (exact) mass is 365 g/mol. The van der Waals surface area contributed by atoms with Gasteiger partial charge in [-0.25, -0.2) is 0 Å². The summed E-state index contributed by atoms with van der Waals surface area (Å²) in [4.78, 5) is 0. The molecule has 1 heteroatoms. The van der Waals surface area contributed by atoms with Crippen molar-refractivity contribution in [3.8, 4) is 0 Å². The first-order valence-corrected chi connectivity index (χ1v) is 10.6. The molecule has 1 saturated carbocycles. The molecule has 0 bridgehead atoms. The molecule has 1 atom stereocenters. The molecule has 0 spiro atoms. The summed E-state index contributed by atoms with van der Waals surface area (Å²) in [7, 11) is 0. The first kappa shape index (κ1) is 17.4. The van der Waals surface area contributed by atoms with Crippen molar-refractivity contribution in [1.29, 1.82) is 5.41 Å². The summed E-state index contributed by atoms with van der Waals surface area (Å²) in [5.41, 5.74) is 7.46. The van der Waals surface area contributed by atoms with Crippen LogP contribution in [0.3, 0.4) is 0 Å². The van der Waals surface area contributed by atoms with Gasteiger partial charge < -0.3 is 5.41 Å². The normalized spacial score (nSPS) is 19.5. The SMILES string of the molecule is CC1=Cc2ccccc2C1c1ccc2ccccc2c1C(=N)C1CCCCC1. The van der Waals surface area contributed by atoms with E-state index in [9.17, 15) is 5.41 Å². The average molecular weight is 366 g/mol. The molecule has 28 heavy (non-hydrogen) atoms. The van der Waals surface area contributed by atoms with Gasteiger partial charge in [-0.1, -0.05) is 91.6 Å². The summed E-state index contributed by atoms with van der Waals surface area (Å²) in [6.45, 7) is 2.24. The molecule has 1 unspecified atom stereocenters. The Labute approximate surface area is 167 Å². The van der Waals surface area contributed by atoms with E-state index in [2.05, 4.69) is 73.7 Å². The van der Waals surface area contributed by atoms with Gasteiger partial charge in [-0.2, -0.15) is 0 Å². The molecule has 0 aromatic heterocycles. The zero-order chi connectivity index (χ0) is 19.1. The molecule has 2 aliphatic rings. The van der Waals surface area contributed by atoms with Gasteiger partial charge >= 0.3 is 0 Å². The van der Waals surface area contributed by atoms with Crippen molar-refractivity contribution < 1.29 is 0 Å². The van der Waals surface area contributed by atoms with Crippen LogP contribution in [-0.4, -0.2) is 5.71 Å². The van der Waals surface area contributed by atoms with Gasteiger partial charge in [0.2, 0.25) is 0 Å². The molecule has 0 radical (unpaired) electrons. The molecule has 1 fully saturated rings. The van der Waals surface area contributed by atoms with Crippen LogP contribution in [0, 0.1) is 11.3 Å². The highest BCUT2D eigenvalue weighted by Gasteiger charge is 2.30. The quantitative estimate of drug-likeness (QED) is 0.470. The molecule has 0 saturated heterocycles. The minimum Gasteiger partial charge on any atom is -0.304 e. The third kappa shape index (κ3) is 2.81. The van der Waals surface area contributed by atoms with E-state index < -0.39 is 0 Å². The molecule has 5 rings (SSSR count). The van der Waals surface area contributed by atoms with E-state index in [-0.39, 0.29) is 5.92 Å². The maximum Gasteiger partial charge on any atom is 0.0426 e. The molecule has 140 valence electrons. The van der Waals surface area contributed by atoms with Gasteiger partial charge in [0.1, 0.15) is 0 Å². The van der Waals surface area contributed by atoms with Crippen LogP contribution in [0.15, 0.2) is 66.2 Å². The second-order valence-corrected chi connectivity index (χ2v) is 8.45. The van der Waals surface area contributed by atoms with Gasteiger partial charge in [-0.05, 0) is 47.2 Å². The van der Waals surface area contributed by atoms with E-state index in [1.165, 1.54) is 57.9 Å². The Morgan fingerprint density at radius 1 is 0.821 bits per heavy atom. The fourth-order valence-corrected chi connectivity index (χ4v) is 5.32. The van der Waals surface area contributed by atoms with E-state index in [1.807, 2.05) is 0 Å². The van der Waals surface area contributed by atoms with Crippen molar-refractivity contribution in [3.05, 3.63) is 88.5 Å². The van der Waals surface area contributed by atoms with Gasteiger partial charge in [-0.15, -0.1) is 0 Å². The summed E-state index contributed by atoms with van der Waals surface area (Å²) in [5, 5.41) is 11.7. The molecule has 1 nitrogen and oxygen atoms in total. The number of nitrogens with one attached hydrogen (secondary N) is 1. The summed E-state index contributed by atoms with van der Waals surface area (Å²) >= 11 is 0. The number of hydrogen-bond donors (Lipinski definition) is 1. The lowest BCUT2D eigenvalue weighted by Gasteiger charge is -2.27. The van der Waals surface area contributed by atoms with Crippen LogP contribution in [0.1, 0.15) is 67.2 Å². The molecule has 0 aliphatic heterocycles. The predicted octanol–water partition coefficient (Wildman–Crippen LogP) is 7.34. The highest BCUT2D eigenvalue weighted by Crippen LogP contribution is 2.44. The highest BCUT2D eigenvalue weighted by atomic mass is 14.5. The smallest absolute Gasteiger partial charge is 0.0426 e. The molecule has 0 amide bonds. The Morgan fingerprint density at radius 3 is 2.43 bits per heavy atom. The van der Waals surface area contributed by atoms with Gasteiger partial charge in [0.05, 0.1) is 0 Å². The van der Waals surface area contributed by atoms with Crippen LogP contribution in [-0.2, 0) is 0 Å². The Morgan fingerprint density at radius 2 is 1.57 bits per heavy atom. The molecule has 3 aromatic carbocycles. The lowest BCUT2D eigenvalue weighted by molar-refractivity contribution is 0.438. The van der Waals surface area contributed by atoms with E-state index in [0.29, 0.717) is 5.92 Å². The Bertz CT molecular complexity index is 1080. The molecular formula is C27H27N. The third-order valence-corrected chi connectivity index (χ3v) is 6.70. The maximum atomic E-state index is 9.24. The minimum atomic E-state index is 0.264. The number of rotatable bonds is 3. The maximum absolute atomic E-state index is 9.24. The second kappa shape index (κ2) is 7.05. The van der Waals surface area contributed by atoms with Crippen LogP contribution >= 0.6 is 0 Å². The van der Waals surface area contributed by atoms with Crippen LogP contribution in [0.25, 0.3) is 16.8 Å². The van der Waals surface area contributed by atoms with Crippen LogP contribution < -0.4 is 0 Å². The van der Waals surface area contributed by atoms with E-state index >= 15 is 0 Å². The number of allylic oxidation sites excluding steroid dienone is 1. The molecular weight excluding hydrogens is 338 g/mol. The fourth-order valence-electron chi connectivity index (χ4n) is 5.32. The van der Waals surface area contributed by atoms with Crippen molar-refractivity contribution >= 4 is 22.6 Å². The standard InChI is InChI=1S/C27H27N/c1-18-17-21-12-6-8-14-23(21)25(18)24-16-15-19-9-5-7-13-22(19)26(24)27(28)20-10-3-2-4-11-20/h5-9,12-17,20,25,28H,2-4,10-11H2,1H3. The lowest BCUT2D eigenvalue weighted by Crippen LogP contribution is -2.20. The zero-order valence-electron chi connectivity index (χ0n) is 16.5.